The second kappa shape index (κ2) is 14.0. The molecule has 0 fully saturated rings. The van der Waals surface area contributed by atoms with Crippen molar-refractivity contribution in [1.29, 1.82) is 0 Å². The minimum atomic E-state index is -4.74. The molecule has 0 aromatic heterocycles. The topological polar surface area (TPSA) is 107 Å². The zero-order valence-electron chi connectivity index (χ0n) is 15.0. The van der Waals surface area contributed by atoms with Gasteiger partial charge in [-0.3, -0.25) is 14.1 Å². The first kappa shape index (κ1) is 27.1. The van der Waals surface area contributed by atoms with Crippen LogP contribution in [0.15, 0.2) is 0 Å². The molecular formula is C16H31NaO7S. The summed E-state index contributed by atoms with van der Waals surface area (Å²) in [6, 6.07) is 0. The number of hydrogen-bond acceptors (Lipinski definition) is 6. The van der Waals surface area contributed by atoms with E-state index in [1.54, 1.807) is 0 Å². The van der Waals surface area contributed by atoms with Crippen molar-refractivity contribution in [3.05, 3.63) is 0 Å². The van der Waals surface area contributed by atoms with Gasteiger partial charge in [-0.25, -0.2) is 0 Å². The van der Waals surface area contributed by atoms with Crippen LogP contribution in [0, 0.1) is 11.8 Å². The van der Waals surface area contributed by atoms with E-state index < -0.39 is 33.7 Å². The summed E-state index contributed by atoms with van der Waals surface area (Å²) in [5, 5.41) is -1.94. The summed E-state index contributed by atoms with van der Waals surface area (Å²) in [6.45, 7) is 7.94. The average molecular weight is 390 g/mol. The van der Waals surface area contributed by atoms with E-state index in [1.807, 2.05) is 27.7 Å². The number of esters is 2. The number of hydrogen-bond donors (Lipinski definition) is 1. The fourth-order valence-corrected chi connectivity index (χ4v) is 2.88. The number of carbonyl (C=O) groups excluding carboxylic acids is 2. The summed E-state index contributed by atoms with van der Waals surface area (Å²) in [5.74, 6) is -1.76. The SMILES string of the molecule is CCCC(C)COC(=O)CC(C(=O)OCC(C)CCC)S(=O)(=O)O.[NaH]. The Kier molecular flexibility index (Phi) is 15.1. The Balaban J connectivity index is 0. The Hall–Kier alpha value is -0.150. The Morgan fingerprint density at radius 1 is 0.960 bits per heavy atom. The molecule has 0 heterocycles. The molecule has 144 valence electrons. The monoisotopic (exact) mass is 390 g/mol. The van der Waals surface area contributed by atoms with Gasteiger partial charge in [-0.2, -0.15) is 8.42 Å². The van der Waals surface area contributed by atoms with Crippen molar-refractivity contribution in [2.45, 2.75) is 65.0 Å². The van der Waals surface area contributed by atoms with E-state index in [0.717, 1.165) is 25.7 Å². The van der Waals surface area contributed by atoms with Crippen molar-refractivity contribution in [1.82, 2.24) is 0 Å². The first-order valence-corrected chi connectivity index (χ1v) is 9.90. The molecule has 25 heavy (non-hydrogen) atoms. The molecule has 0 aliphatic heterocycles. The summed E-state index contributed by atoms with van der Waals surface area (Å²) in [4.78, 5) is 23.7. The average Bonchev–Trinajstić information content (AvgIpc) is 2.47. The first-order valence-electron chi connectivity index (χ1n) is 8.40. The second-order valence-corrected chi connectivity index (χ2v) is 7.91. The van der Waals surface area contributed by atoms with Crippen LogP contribution in [-0.4, -0.2) is 72.9 Å². The van der Waals surface area contributed by atoms with Crippen molar-refractivity contribution in [2.24, 2.45) is 11.8 Å². The summed E-state index contributed by atoms with van der Waals surface area (Å²) < 4.78 is 41.8. The van der Waals surface area contributed by atoms with Crippen molar-refractivity contribution in [3.8, 4) is 0 Å². The molecule has 0 aromatic carbocycles. The van der Waals surface area contributed by atoms with E-state index in [0.29, 0.717) is 0 Å². The predicted molar refractivity (Wildman–Crippen MR) is 97.2 cm³/mol. The van der Waals surface area contributed by atoms with Crippen LogP contribution in [0.1, 0.15) is 59.8 Å². The van der Waals surface area contributed by atoms with Crippen molar-refractivity contribution in [3.63, 3.8) is 0 Å². The zero-order chi connectivity index (χ0) is 18.8. The molecule has 0 aliphatic carbocycles. The normalized spacial score (nSPS) is 14.8. The quantitative estimate of drug-likeness (QED) is 0.308. The molecule has 0 saturated heterocycles. The van der Waals surface area contributed by atoms with E-state index in [1.165, 1.54) is 0 Å². The third kappa shape index (κ3) is 12.8. The molecule has 0 rings (SSSR count). The van der Waals surface area contributed by atoms with Gasteiger partial charge in [0.15, 0.2) is 5.25 Å². The van der Waals surface area contributed by atoms with Crippen LogP contribution in [-0.2, 0) is 29.2 Å². The minimum absolute atomic E-state index is 0. The summed E-state index contributed by atoms with van der Waals surface area (Å²) in [7, 11) is -4.74. The third-order valence-electron chi connectivity index (χ3n) is 3.58. The summed E-state index contributed by atoms with van der Waals surface area (Å²) >= 11 is 0. The Bertz CT molecular complexity index is 493. The Morgan fingerprint density at radius 2 is 1.40 bits per heavy atom. The van der Waals surface area contributed by atoms with Crippen LogP contribution >= 0.6 is 0 Å². The van der Waals surface area contributed by atoms with Gasteiger partial charge in [-0.05, 0) is 24.7 Å². The van der Waals surface area contributed by atoms with Gasteiger partial charge in [0, 0.05) is 0 Å². The number of ether oxygens (including phenoxy) is 2. The standard InChI is InChI=1S/C16H30O7S.Na.H/c1-5-7-12(3)10-22-15(17)9-14(24(19,20)21)16(18)23-11-13(4)8-6-2;;/h12-14H,5-11H2,1-4H3,(H,19,20,21);;. The van der Waals surface area contributed by atoms with Gasteiger partial charge < -0.3 is 9.47 Å². The fraction of sp³-hybridized carbons (Fsp3) is 0.875. The maximum absolute atomic E-state index is 11.9. The van der Waals surface area contributed by atoms with Gasteiger partial charge in [0.2, 0.25) is 0 Å². The molecule has 0 amide bonds. The van der Waals surface area contributed by atoms with Gasteiger partial charge in [-0.1, -0.05) is 40.5 Å². The van der Waals surface area contributed by atoms with Crippen LogP contribution in [0.4, 0.5) is 0 Å². The van der Waals surface area contributed by atoms with Crippen LogP contribution in [0.2, 0.25) is 0 Å². The van der Waals surface area contributed by atoms with E-state index in [4.69, 9.17) is 9.47 Å². The van der Waals surface area contributed by atoms with Crippen LogP contribution in [0.3, 0.4) is 0 Å². The van der Waals surface area contributed by atoms with E-state index in [2.05, 4.69) is 0 Å². The molecule has 3 unspecified atom stereocenters. The van der Waals surface area contributed by atoms with E-state index in [9.17, 15) is 22.6 Å². The van der Waals surface area contributed by atoms with Gasteiger partial charge >= 0.3 is 41.5 Å². The maximum atomic E-state index is 11.9. The van der Waals surface area contributed by atoms with Crippen molar-refractivity contribution in [2.75, 3.05) is 13.2 Å². The summed E-state index contributed by atoms with van der Waals surface area (Å²) in [5.41, 5.74) is 0. The fourth-order valence-electron chi connectivity index (χ4n) is 2.23. The van der Waals surface area contributed by atoms with Crippen LogP contribution in [0.25, 0.3) is 0 Å². The molecule has 7 nitrogen and oxygen atoms in total. The molecule has 1 N–H and O–H groups in total. The molecule has 9 heteroatoms. The Labute approximate surface area is 173 Å². The van der Waals surface area contributed by atoms with Gasteiger partial charge in [-0.15, -0.1) is 0 Å². The Morgan fingerprint density at radius 3 is 1.80 bits per heavy atom. The molecule has 0 spiro atoms. The molecule has 0 aromatic rings. The van der Waals surface area contributed by atoms with Gasteiger partial charge in [0.05, 0.1) is 19.6 Å². The first-order chi connectivity index (χ1) is 11.1. The number of rotatable bonds is 12. The van der Waals surface area contributed by atoms with Crippen molar-refractivity contribution < 1.29 is 32.0 Å². The van der Waals surface area contributed by atoms with Gasteiger partial charge in [0.25, 0.3) is 10.1 Å². The molecule has 0 saturated carbocycles. The zero-order valence-corrected chi connectivity index (χ0v) is 15.8. The molecule has 0 radical (unpaired) electrons. The van der Waals surface area contributed by atoms with E-state index in [-0.39, 0.29) is 54.6 Å². The van der Waals surface area contributed by atoms with Crippen molar-refractivity contribution >= 4 is 51.6 Å². The molecule has 0 bridgehead atoms. The molecular weight excluding hydrogens is 359 g/mol. The van der Waals surface area contributed by atoms with Crippen LogP contribution < -0.4 is 0 Å². The third-order valence-corrected chi connectivity index (χ3v) is 4.65. The summed E-state index contributed by atoms with van der Waals surface area (Å²) in [6.07, 6.45) is 2.78. The molecule has 3 atom stereocenters. The number of carbonyl (C=O) groups is 2. The second-order valence-electron chi connectivity index (χ2n) is 6.31. The van der Waals surface area contributed by atoms with E-state index >= 15 is 0 Å². The predicted octanol–water partition coefficient (Wildman–Crippen LogP) is 1.94. The molecule has 0 aliphatic rings. The van der Waals surface area contributed by atoms with Gasteiger partial charge in [0.1, 0.15) is 0 Å². The van der Waals surface area contributed by atoms with Crippen LogP contribution in [0.5, 0.6) is 0 Å².